The molecule has 1 heterocycles. The number of rotatable bonds is 5. The van der Waals surface area contributed by atoms with Crippen LogP contribution in [0.15, 0.2) is 42.6 Å². The third-order valence-corrected chi connectivity index (χ3v) is 2.53. The van der Waals surface area contributed by atoms with Gasteiger partial charge in [0.25, 0.3) is 5.69 Å². The molecule has 0 aliphatic carbocycles. The van der Waals surface area contributed by atoms with Crippen molar-refractivity contribution in [3.8, 4) is 11.6 Å². The van der Waals surface area contributed by atoms with Crippen LogP contribution in [0.1, 0.15) is 5.56 Å². The van der Waals surface area contributed by atoms with Crippen molar-refractivity contribution in [3.63, 3.8) is 0 Å². The van der Waals surface area contributed by atoms with Crippen molar-refractivity contribution in [2.24, 2.45) is 0 Å². The predicted molar refractivity (Wildman–Crippen MR) is 68.3 cm³/mol. The largest absolute Gasteiger partial charge is 0.573 e. The summed E-state index contributed by atoms with van der Waals surface area (Å²) in [5.41, 5.74) is -0.854. The first-order valence-corrected chi connectivity index (χ1v) is 5.92. The van der Waals surface area contributed by atoms with Gasteiger partial charge in [-0.1, -0.05) is 12.1 Å². The summed E-state index contributed by atoms with van der Waals surface area (Å²) in [4.78, 5) is 14.0. The molecular weight excluding hydrogens is 305 g/mol. The highest BCUT2D eigenvalue weighted by Gasteiger charge is 2.33. The number of ether oxygens (including phenoxy) is 2. The number of pyridine rings is 1. The van der Waals surface area contributed by atoms with Gasteiger partial charge in [-0.05, 0) is 12.1 Å². The average molecular weight is 314 g/mol. The van der Waals surface area contributed by atoms with Gasteiger partial charge in [-0.15, -0.1) is 13.2 Å². The molecule has 0 saturated carbocycles. The Morgan fingerprint density at radius 1 is 1.18 bits per heavy atom. The molecule has 2 rings (SSSR count). The Labute approximate surface area is 122 Å². The molecule has 0 atom stereocenters. The quantitative estimate of drug-likeness (QED) is 0.624. The molecule has 0 spiro atoms. The first-order valence-electron chi connectivity index (χ1n) is 5.92. The minimum absolute atomic E-state index is 0.124. The average Bonchev–Trinajstić information content (AvgIpc) is 2.45. The van der Waals surface area contributed by atoms with Crippen molar-refractivity contribution in [1.82, 2.24) is 4.98 Å². The number of hydrogen-bond acceptors (Lipinski definition) is 5. The Bertz CT molecular complexity index is 662. The van der Waals surface area contributed by atoms with Crippen LogP contribution in [0, 0.1) is 10.1 Å². The summed E-state index contributed by atoms with van der Waals surface area (Å²) in [5.74, 6) is -0.559. The first-order chi connectivity index (χ1) is 10.4. The van der Waals surface area contributed by atoms with Crippen molar-refractivity contribution in [2.75, 3.05) is 0 Å². The van der Waals surface area contributed by atoms with E-state index in [1.807, 2.05) is 0 Å². The molecule has 0 amide bonds. The number of nitro benzene ring substituents is 1. The van der Waals surface area contributed by atoms with E-state index in [-0.39, 0.29) is 11.4 Å². The fourth-order valence-corrected chi connectivity index (χ4v) is 1.67. The molecule has 2 aromatic rings. The van der Waals surface area contributed by atoms with E-state index in [2.05, 4.69) is 9.72 Å². The second kappa shape index (κ2) is 6.29. The summed E-state index contributed by atoms with van der Waals surface area (Å²) in [6, 6.07) is 7.85. The zero-order valence-corrected chi connectivity index (χ0v) is 10.9. The van der Waals surface area contributed by atoms with Gasteiger partial charge in [0.1, 0.15) is 17.9 Å². The molecule has 0 N–H and O–H groups in total. The Hall–Kier alpha value is -2.84. The van der Waals surface area contributed by atoms with E-state index in [9.17, 15) is 23.3 Å². The van der Waals surface area contributed by atoms with E-state index in [1.54, 1.807) is 12.1 Å². The minimum atomic E-state index is -4.96. The molecular formula is C13H9F3N2O4. The monoisotopic (exact) mass is 314 g/mol. The lowest BCUT2D eigenvalue weighted by molar-refractivity contribution is -0.386. The summed E-state index contributed by atoms with van der Waals surface area (Å²) in [7, 11) is 0. The fraction of sp³-hybridized carbons (Fsp3) is 0.154. The van der Waals surface area contributed by atoms with Crippen LogP contribution in [0.3, 0.4) is 0 Å². The third kappa shape index (κ3) is 4.08. The Kier molecular flexibility index (Phi) is 4.44. The number of aromatic nitrogens is 1. The van der Waals surface area contributed by atoms with Gasteiger partial charge in [-0.2, -0.15) is 0 Å². The SMILES string of the molecule is O=[N+]([O-])c1cccc(OC(F)(F)F)c1COc1ccccn1. The lowest BCUT2D eigenvalue weighted by atomic mass is 10.1. The molecule has 116 valence electrons. The molecule has 0 aliphatic rings. The normalized spacial score (nSPS) is 11.0. The summed E-state index contributed by atoms with van der Waals surface area (Å²) in [6.07, 6.45) is -3.54. The highest BCUT2D eigenvalue weighted by molar-refractivity contribution is 5.49. The van der Waals surface area contributed by atoms with Crippen LogP contribution >= 0.6 is 0 Å². The van der Waals surface area contributed by atoms with E-state index in [1.165, 1.54) is 12.3 Å². The van der Waals surface area contributed by atoms with Crippen LogP contribution in [-0.4, -0.2) is 16.3 Å². The summed E-state index contributed by atoms with van der Waals surface area (Å²) in [6.45, 7) is -0.487. The topological polar surface area (TPSA) is 74.5 Å². The molecule has 0 aliphatic heterocycles. The molecule has 0 fully saturated rings. The molecule has 0 radical (unpaired) electrons. The van der Waals surface area contributed by atoms with Gasteiger partial charge < -0.3 is 9.47 Å². The number of nitrogens with zero attached hydrogens (tertiary/aromatic N) is 2. The van der Waals surface area contributed by atoms with Gasteiger partial charge in [0.05, 0.1) is 4.92 Å². The van der Waals surface area contributed by atoms with E-state index >= 15 is 0 Å². The maximum atomic E-state index is 12.4. The predicted octanol–water partition coefficient (Wildman–Crippen LogP) is 3.47. The van der Waals surface area contributed by atoms with Gasteiger partial charge in [0.15, 0.2) is 0 Å². The van der Waals surface area contributed by atoms with Gasteiger partial charge >= 0.3 is 6.36 Å². The molecule has 0 saturated heterocycles. The Morgan fingerprint density at radius 3 is 2.55 bits per heavy atom. The number of nitro groups is 1. The van der Waals surface area contributed by atoms with Crippen LogP contribution in [0.5, 0.6) is 11.6 Å². The third-order valence-electron chi connectivity index (χ3n) is 2.53. The zero-order valence-electron chi connectivity index (χ0n) is 10.9. The molecule has 0 bridgehead atoms. The standard InChI is InChI=1S/C13H9F3N2O4/c14-13(15,16)22-11-5-3-4-10(18(19)20)9(11)8-21-12-6-1-2-7-17-12/h1-7H,8H2. The highest BCUT2D eigenvalue weighted by Crippen LogP contribution is 2.33. The van der Waals surface area contributed by atoms with Crippen LogP contribution in [0.25, 0.3) is 0 Å². The van der Waals surface area contributed by atoms with Gasteiger partial charge in [-0.3, -0.25) is 10.1 Å². The van der Waals surface area contributed by atoms with Gasteiger partial charge in [0, 0.05) is 18.3 Å². The van der Waals surface area contributed by atoms with Crippen LogP contribution < -0.4 is 9.47 Å². The summed E-state index contributed by atoms with van der Waals surface area (Å²) < 4.78 is 46.1. The number of alkyl halides is 3. The number of benzene rings is 1. The minimum Gasteiger partial charge on any atom is -0.472 e. The second-order valence-electron chi connectivity index (χ2n) is 4.02. The molecule has 9 heteroatoms. The van der Waals surface area contributed by atoms with Gasteiger partial charge in [0.2, 0.25) is 5.88 Å². The number of halogens is 3. The maximum Gasteiger partial charge on any atom is 0.573 e. The van der Waals surface area contributed by atoms with E-state index in [0.29, 0.717) is 0 Å². The second-order valence-corrected chi connectivity index (χ2v) is 4.02. The van der Waals surface area contributed by atoms with Gasteiger partial charge in [-0.25, -0.2) is 4.98 Å². The fourth-order valence-electron chi connectivity index (χ4n) is 1.67. The lowest BCUT2D eigenvalue weighted by Gasteiger charge is -2.13. The van der Waals surface area contributed by atoms with Crippen LogP contribution in [0.2, 0.25) is 0 Å². The smallest absolute Gasteiger partial charge is 0.472 e. The highest BCUT2D eigenvalue weighted by atomic mass is 19.4. The van der Waals surface area contributed by atoms with Crippen molar-refractivity contribution in [2.45, 2.75) is 13.0 Å². The van der Waals surface area contributed by atoms with E-state index in [0.717, 1.165) is 18.2 Å². The molecule has 0 unspecified atom stereocenters. The maximum absolute atomic E-state index is 12.4. The molecule has 6 nitrogen and oxygen atoms in total. The van der Waals surface area contributed by atoms with Crippen LogP contribution in [-0.2, 0) is 6.61 Å². The van der Waals surface area contributed by atoms with Crippen molar-refractivity contribution < 1.29 is 27.6 Å². The summed E-state index contributed by atoms with van der Waals surface area (Å²) >= 11 is 0. The molecule has 1 aromatic carbocycles. The molecule has 22 heavy (non-hydrogen) atoms. The Balaban J connectivity index is 2.31. The lowest BCUT2D eigenvalue weighted by Crippen LogP contribution is -2.19. The molecule has 1 aromatic heterocycles. The van der Waals surface area contributed by atoms with Crippen molar-refractivity contribution in [3.05, 3.63) is 58.3 Å². The van der Waals surface area contributed by atoms with Crippen molar-refractivity contribution in [1.29, 1.82) is 0 Å². The summed E-state index contributed by atoms with van der Waals surface area (Å²) in [5, 5.41) is 10.9. The van der Waals surface area contributed by atoms with Crippen LogP contribution in [0.4, 0.5) is 18.9 Å². The zero-order chi connectivity index (χ0) is 16.2. The van der Waals surface area contributed by atoms with E-state index < -0.39 is 29.3 Å². The van der Waals surface area contributed by atoms with E-state index in [4.69, 9.17) is 4.74 Å². The number of hydrogen-bond donors (Lipinski definition) is 0. The first kappa shape index (κ1) is 15.5. The van der Waals surface area contributed by atoms with Crippen molar-refractivity contribution >= 4 is 5.69 Å². The Morgan fingerprint density at radius 2 is 1.95 bits per heavy atom.